The number of likely N-dealkylation sites (tertiary alicyclic amines) is 1. The van der Waals surface area contributed by atoms with E-state index in [1.807, 2.05) is 30.0 Å². The first-order valence-electron chi connectivity index (χ1n) is 9.55. The van der Waals surface area contributed by atoms with Gasteiger partial charge in [0.25, 0.3) is 5.91 Å². The zero-order valence-electron chi connectivity index (χ0n) is 15.6. The second-order valence-electron chi connectivity index (χ2n) is 7.88. The van der Waals surface area contributed by atoms with Crippen LogP contribution in [-0.2, 0) is 6.54 Å². The molecule has 0 N–H and O–H groups in total. The van der Waals surface area contributed by atoms with Crippen molar-refractivity contribution in [3.63, 3.8) is 0 Å². The fourth-order valence-corrected chi connectivity index (χ4v) is 4.77. The Balaban J connectivity index is 1.46. The smallest absolute Gasteiger partial charge is 0.255 e. The van der Waals surface area contributed by atoms with E-state index in [1.165, 1.54) is 19.3 Å². The van der Waals surface area contributed by atoms with Crippen LogP contribution in [0.3, 0.4) is 0 Å². The molecule has 0 bridgehead atoms. The summed E-state index contributed by atoms with van der Waals surface area (Å²) in [5, 5.41) is 0. The number of nitrogens with zero attached hydrogens (tertiary/aromatic N) is 3. The van der Waals surface area contributed by atoms with Gasteiger partial charge in [0.1, 0.15) is 5.76 Å². The largest absolute Gasteiger partial charge is 0.468 e. The molecule has 3 atom stereocenters. The minimum atomic E-state index is 0.128. The van der Waals surface area contributed by atoms with Crippen molar-refractivity contribution in [2.75, 3.05) is 20.1 Å². The standard InChI is InChI=1S/C21H27N3O2/c1-15-9-17(11-22-10-15)21(25)24-12-16-5-3-7-20(19(16)14-24)23(2)13-18-6-4-8-26-18/h4,6,8-11,16,19-20H,3,5,7,12-14H2,1-2H3. The summed E-state index contributed by atoms with van der Waals surface area (Å²) in [5.74, 6) is 2.29. The summed E-state index contributed by atoms with van der Waals surface area (Å²) >= 11 is 0. The predicted molar refractivity (Wildman–Crippen MR) is 99.7 cm³/mol. The van der Waals surface area contributed by atoms with Crippen LogP contribution in [-0.4, -0.2) is 46.9 Å². The van der Waals surface area contributed by atoms with Crippen molar-refractivity contribution in [1.29, 1.82) is 0 Å². The Morgan fingerprint density at radius 3 is 3.00 bits per heavy atom. The SMILES string of the molecule is Cc1cncc(C(=O)N2CC3CCCC(N(C)Cc4ccco4)C3C2)c1. The molecule has 2 aromatic rings. The van der Waals surface area contributed by atoms with Gasteiger partial charge in [-0.2, -0.15) is 0 Å². The third-order valence-electron chi connectivity index (χ3n) is 6.02. The van der Waals surface area contributed by atoms with Crippen LogP contribution >= 0.6 is 0 Å². The quantitative estimate of drug-likeness (QED) is 0.846. The van der Waals surface area contributed by atoms with Gasteiger partial charge in [0, 0.05) is 31.5 Å². The van der Waals surface area contributed by atoms with Gasteiger partial charge in [-0.25, -0.2) is 0 Å². The third kappa shape index (κ3) is 3.40. The molecule has 5 heteroatoms. The Bertz CT molecular complexity index is 758. The van der Waals surface area contributed by atoms with E-state index in [-0.39, 0.29) is 5.91 Å². The molecule has 2 fully saturated rings. The minimum absolute atomic E-state index is 0.128. The maximum Gasteiger partial charge on any atom is 0.255 e. The zero-order valence-corrected chi connectivity index (χ0v) is 15.6. The number of aromatic nitrogens is 1. The van der Waals surface area contributed by atoms with Crippen molar-refractivity contribution in [2.45, 2.75) is 38.8 Å². The van der Waals surface area contributed by atoms with Crippen molar-refractivity contribution >= 4 is 5.91 Å². The fourth-order valence-electron chi connectivity index (χ4n) is 4.77. The van der Waals surface area contributed by atoms with Gasteiger partial charge in [-0.15, -0.1) is 0 Å². The van der Waals surface area contributed by atoms with Crippen molar-refractivity contribution in [3.8, 4) is 0 Å². The van der Waals surface area contributed by atoms with E-state index in [9.17, 15) is 4.79 Å². The van der Waals surface area contributed by atoms with E-state index >= 15 is 0 Å². The average molecular weight is 353 g/mol. The lowest BCUT2D eigenvalue weighted by atomic mass is 9.77. The molecule has 2 aromatic heterocycles. The Hall–Kier alpha value is -2.14. The number of hydrogen-bond acceptors (Lipinski definition) is 4. The molecule has 3 unspecified atom stereocenters. The molecule has 0 spiro atoms. The highest BCUT2D eigenvalue weighted by atomic mass is 16.3. The normalized spacial score (nSPS) is 25.5. The van der Waals surface area contributed by atoms with Crippen molar-refractivity contribution < 1.29 is 9.21 Å². The van der Waals surface area contributed by atoms with E-state index in [1.54, 1.807) is 18.7 Å². The van der Waals surface area contributed by atoms with Gasteiger partial charge >= 0.3 is 0 Å². The van der Waals surface area contributed by atoms with Gasteiger partial charge in [0.15, 0.2) is 0 Å². The van der Waals surface area contributed by atoms with Crippen LogP contribution in [0.15, 0.2) is 41.3 Å². The van der Waals surface area contributed by atoms with Crippen molar-refractivity contribution in [3.05, 3.63) is 53.7 Å². The molecule has 1 saturated carbocycles. The van der Waals surface area contributed by atoms with Gasteiger partial charge < -0.3 is 9.32 Å². The number of rotatable bonds is 4. The number of fused-ring (bicyclic) bond motifs is 1. The summed E-state index contributed by atoms with van der Waals surface area (Å²) in [4.78, 5) is 21.6. The van der Waals surface area contributed by atoms with Gasteiger partial charge in [-0.1, -0.05) is 6.42 Å². The maximum absolute atomic E-state index is 12.9. The highest BCUT2D eigenvalue weighted by Gasteiger charge is 2.43. The molecule has 3 heterocycles. The number of carbonyl (C=O) groups is 1. The summed E-state index contributed by atoms with van der Waals surface area (Å²) < 4.78 is 5.52. The number of hydrogen-bond donors (Lipinski definition) is 0. The van der Waals surface area contributed by atoms with E-state index in [2.05, 4.69) is 16.9 Å². The van der Waals surface area contributed by atoms with Crippen LogP contribution in [0, 0.1) is 18.8 Å². The fraction of sp³-hybridized carbons (Fsp3) is 0.524. The molecule has 5 nitrogen and oxygen atoms in total. The summed E-state index contributed by atoms with van der Waals surface area (Å²) in [5.41, 5.74) is 1.74. The lowest BCUT2D eigenvalue weighted by molar-refractivity contribution is 0.0766. The number of amides is 1. The molecule has 0 aromatic carbocycles. The van der Waals surface area contributed by atoms with Crippen LogP contribution in [0.5, 0.6) is 0 Å². The first-order valence-corrected chi connectivity index (χ1v) is 9.55. The molecule has 2 aliphatic rings. The van der Waals surface area contributed by atoms with Gasteiger partial charge in [-0.05, 0) is 62.4 Å². The third-order valence-corrected chi connectivity index (χ3v) is 6.02. The Kier molecular flexibility index (Phi) is 4.81. The van der Waals surface area contributed by atoms with Gasteiger partial charge in [0.2, 0.25) is 0 Å². The Morgan fingerprint density at radius 2 is 2.23 bits per heavy atom. The number of aryl methyl sites for hydroxylation is 1. The molecule has 1 aliphatic heterocycles. The van der Waals surface area contributed by atoms with Crippen LogP contribution < -0.4 is 0 Å². The van der Waals surface area contributed by atoms with Crippen LogP contribution in [0.4, 0.5) is 0 Å². The first-order chi connectivity index (χ1) is 12.6. The summed E-state index contributed by atoms with van der Waals surface area (Å²) in [6.07, 6.45) is 8.89. The van der Waals surface area contributed by atoms with E-state index in [4.69, 9.17) is 4.42 Å². The predicted octanol–water partition coefficient (Wildman–Crippen LogP) is 3.36. The average Bonchev–Trinajstić information content (AvgIpc) is 3.29. The highest BCUT2D eigenvalue weighted by Crippen LogP contribution is 2.39. The molecule has 138 valence electrons. The highest BCUT2D eigenvalue weighted by molar-refractivity contribution is 5.94. The first kappa shape index (κ1) is 17.3. The summed E-state index contributed by atoms with van der Waals surface area (Å²) in [6, 6.07) is 6.43. The monoisotopic (exact) mass is 353 g/mol. The zero-order chi connectivity index (χ0) is 18.1. The van der Waals surface area contributed by atoms with E-state index in [0.29, 0.717) is 23.4 Å². The lowest BCUT2D eigenvalue weighted by Gasteiger charge is -2.38. The van der Waals surface area contributed by atoms with Crippen molar-refractivity contribution in [2.24, 2.45) is 11.8 Å². The summed E-state index contributed by atoms with van der Waals surface area (Å²) in [6.45, 7) is 4.54. The number of furan rings is 1. The minimum Gasteiger partial charge on any atom is -0.468 e. The Morgan fingerprint density at radius 1 is 1.35 bits per heavy atom. The van der Waals surface area contributed by atoms with Crippen LogP contribution in [0.2, 0.25) is 0 Å². The number of carbonyl (C=O) groups excluding carboxylic acids is 1. The molecule has 4 rings (SSSR count). The lowest BCUT2D eigenvalue weighted by Crippen LogP contribution is -2.43. The second kappa shape index (κ2) is 7.23. The van der Waals surface area contributed by atoms with Gasteiger partial charge in [-0.3, -0.25) is 14.7 Å². The number of pyridine rings is 1. The molecule has 1 aliphatic carbocycles. The van der Waals surface area contributed by atoms with Crippen LogP contribution in [0.25, 0.3) is 0 Å². The van der Waals surface area contributed by atoms with Crippen molar-refractivity contribution in [1.82, 2.24) is 14.8 Å². The second-order valence-corrected chi connectivity index (χ2v) is 7.88. The molecular formula is C21H27N3O2. The maximum atomic E-state index is 12.9. The topological polar surface area (TPSA) is 49.6 Å². The molecular weight excluding hydrogens is 326 g/mol. The molecule has 0 radical (unpaired) electrons. The molecule has 26 heavy (non-hydrogen) atoms. The summed E-state index contributed by atoms with van der Waals surface area (Å²) in [7, 11) is 2.19. The van der Waals surface area contributed by atoms with E-state index in [0.717, 1.165) is 31.0 Å². The van der Waals surface area contributed by atoms with Crippen LogP contribution in [0.1, 0.15) is 40.9 Å². The van der Waals surface area contributed by atoms with Gasteiger partial charge in [0.05, 0.1) is 18.4 Å². The Labute approximate surface area is 155 Å². The van der Waals surface area contributed by atoms with E-state index < -0.39 is 0 Å². The molecule has 1 amide bonds. The molecule has 1 saturated heterocycles.